The Hall–Kier alpha value is -2.37. The molecule has 152 valence electrons. The molecule has 2 N–H and O–H groups in total. The first-order valence-electron chi connectivity index (χ1n) is 11.3. The van der Waals surface area contributed by atoms with Gasteiger partial charge in [0.2, 0.25) is 5.91 Å². The van der Waals surface area contributed by atoms with Crippen molar-refractivity contribution < 1.29 is 4.79 Å². The number of imidazole rings is 2. The minimum absolute atomic E-state index is 0.191. The van der Waals surface area contributed by atoms with Gasteiger partial charge in [-0.1, -0.05) is 6.08 Å². The van der Waals surface area contributed by atoms with Crippen molar-refractivity contribution in [3.05, 3.63) is 42.5 Å². The van der Waals surface area contributed by atoms with Crippen LogP contribution in [0.1, 0.15) is 56.2 Å². The number of hydrogen-bond donors (Lipinski definition) is 2. The summed E-state index contributed by atoms with van der Waals surface area (Å²) < 4.78 is 2.41. The molecule has 3 heterocycles. The predicted octanol–water partition coefficient (Wildman–Crippen LogP) is 3.57. The molecule has 1 amide bonds. The molecule has 3 aliphatic carbocycles. The lowest BCUT2D eigenvalue weighted by Crippen LogP contribution is -2.45. The zero-order valence-electron chi connectivity index (χ0n) is 16.7. The average Bonchev–Trinajstić information content (AvgIpc) is 3.51. The van der Waals surface area contributed by atoms with E-state index in [4.69, 9.17) is 0 Å². The van der Waals surface area contributed by atoms with E-state index < -0.39 is 0 Å². The van der Waals surface area contributed by atoms with E-state index in [0.29, 0.717) is 24.4 Å². The first-order valence-corrected chi connectivity index (χ1v) is 11.3. The molecule has 29 heavy (non-hydrogen) atoms. The van der Waals surface area contributed by atoms with E-state index in [-0.39, 0.29) is 11.8 Å². The van der Waals surface area contributed by atoms with Crippen LogP contribution in [0.25, 0.3) is 6.08 Å². The fourth-order valence-corrected chi connectivity index (χ4v) is 7.26. The third-order valence-electron chi connectivity index (χ3n) is 8.39. The molecular formula is C23H29N5O. The van der Waals surface area contributed by atoms with Crippen LogP contribution in [-0.2, 0) is 11.3 Å². The second-order valence-corrected chi connectivity index (χ2v) is 9.44. The van der Waals surface area contributed by atoms with Crippen LogP contribution in [0.15, 0.2) is 30.9 Å². The average molecular weight is 392 g/mol. The van der Waals surface area contributed by atoms with Crippen molar-refractivity contribution in [2.75, 3.05) is 0 Å². The van der Waals surface area contributed by atoms with Crippen molar-refractivity contribution in [3.63, 3.8) is 0 Å². The number of amides is 1. The quantitative estimate of drug-likeness (QED) is 0.840. The van der Waals surface area contributed by atoms with Gasteiger partial charge in [0.25, 0.3) is 0 Å². The number of carbonyl (C=O) groups is 1. The van der Waals surface area contributed by atoms with E-state index in [1.54, 1.807) is 12.4 Å². The molecule has 2 aromatic heterocycles. The van der Waals surface area contributed by atoms with Crippen LogP contribution in [0.5, 0.6) is 0 Å². The number of nitrogens with zero attached hydrogens (tertiary/aromatic N) is 3. The molecule has 3 saturated carbocycles. The Kier molecular flexibility index (Phi) is 4.13. The Morgan fingerprint density at radius 2 is 1.86 bits per heavy atom. The normalized spacial score (nSPS) is 37.3. The van der Waals surface area contributed by atoms with Crippen molar-refractivity contribution in [2.45, 2.75) is 51.1 Å². The van der Waals surface area contributed by atoms with Crippen molar-refractivity contribution >= 4 is 12.0 Å². The molecule has 2 aromatic rings. The van der Waals surface area contributed by atoms with Gasteiger partial charge < -0.3 is 14.9 Å². The molecule has 0 spiro atoms. The van der Waals surface area contributed by atoms with Gasteiger partial charge in [-0.2, -0.15) is 0 Å². The van der Waals surface area contributed by atoms with Crippen molar-refractivity contribution in [1.82, 2.24) is 24.8 Å². The smallest absolute Gasteiger partial charge is 0.223 e. The number of carbonyl (C=O) groups excluding carboxylic acids is 1. The van der Waals surface area contributed by atoms with Gasteiger partial charge in [0.1, 0.15) is 11.6 Å². The van der Waals surface area contributed by atoms with Gasteiger partial charge in [-0.15, -0.1) is 0 Å². The maximum absolute atomic E-state index is 12.9. The molecule has 6 heteroatoms. The van der Waals surface area contributed by atoms with Crippen LogP contribution in [0, 0.1) is 35.5 Å². The summed E-state index contributed by atoms with van der Waals surface area (Å²) in [6, 6.07) is 0.587. The summed E-state index contributed by atoms with van der Waals surface area (Å²) in [5, 5.41) is 3.13. The molecule has 4 aliphatic rings. The Bertz CT molecular complexity index is 916. The Morgan fingerprint density at radius 1 is 1.03 bits per heavy atom. The van der Waals surface area contributed by atoms with Gasteiger partial charge in [0, 0.05) is 42.7 Å². The van der Waals surface area contributed by atoms with Gasteiger partial charge in [-0.05, 0) is 68.3 Å². The Morgan fingerprint density at radius 3 is 2.76 bits per heavy atom. The molecule has 6 nitrogen and oxygen atoms in total. The van der Waals surface area contributed by atoms with E-state index in [0.717, 1.165) is 35.8 Å². The van der Waals surface area contributed by atoms with Crippen LogP contribution < -0.4 is 5.32 Å². The SMILES string of the molecule is O=C(NCc1ncc[nH]1)[C@@H]1CC[C@H]2[C@@H]3CCC4[C@H](C=Cc5nccn54)[C@H]3CC[C@@H]21. The first-order chi connectivity index (χ1) is 14.3. The fraction of sp³-hybridized carbons (Fsp3) is 0.609. The Labute approximate surface area is 171 Å². The lowest BCUT2D eigenvalue weighted by molar-refractivity contribution is -0.127. The highest BCUT2D eigenvalue weighted by Gasteiger charge is 2.52. The summed E-state index contributed by atoms with van der Waals surface area (Å²) in [5.41, 5.74) is 0. The first kappa shape index (κ1) is 17.5. The molecule has 0 saturated heterocycles. The second kappa shape index (κ2) is 6.85. The third-order valence-corrected chi connectivity index (χ3v) is 8.39. The van der Waals surface area contributed by atoms with Gasteiger partial charge >= 0.3 is 0 Å². The highest BCUT2D eigenvalue weighted by atomic mass is 16.1. The van der Waals surface area contributed by atoms with E-state index >= 15 is 0 Å². The van der Waals surface area contributed by atoms with E-state index in [1.807, 2.05) is 6.20 Å². The molecule has 0 bridgehead atoms. The van der Waals surface area contributed by atoms with Gasteiger partial charge in [0.15, 0.2) is 0 Å². The molecular weight excluding hydrogens is 362 g/mol. The minimum Gasteiger partial charge on any atom is -0.349 e. The molecule has 3 fully saturated rings. The monoisotopic (exact) mass is 391 g/mol. The summed E-state index contributed by atoms with van der Waals surface area (Å²) in [6.45, 7) is 0.508. The largest absolute Gasteiger partial charge is 0.349 e. The maximum atomic E-state index is 12.9. The zero-order valence-corrected chi connectivity index (χ0v) is 16.7. The number of aromatic amines is 1. The summed E-state index contributed by atoms with van der Waals surface area (Å²) in [4.78, 5) is 24.7. The van der Waals surface area contributed by atoms with E-state index in [2.05, 4.69) is 43.2 Å². The molecule has 1 unspecified atom stereocenters. The van der Waals surface area contributed by atoms with E-state index in [1.165, 1.54) is 32.1 Å². The number of nitrogens with one attached hydrogen (secondary N) is 2. The summed E-state index contributed by atoms with van der Waals surface area (Å²) >= 11 is 0. The number of H-pyrrole nitrogens is 1. The van der Waals surface area contributed by atoms with Crippen molar-refractivity contribution in [2.24, 2.45) is 35.5 Å². The number of fused-ring (bicyclic) bond motifs is 7. The standard InChI is InChI=1S/C23H29N5O/c29-23(27-13-21-24-9-10-25-21)19-4-3-14-15-5-7-20-18(16(15)1-2-17(14)19)6-8-22-26-11-12-28(20)22/h6,8-12,14-20H,1-5,7,13H2,(H,24,25)(H,27,29)/t14-,15-,16-,17-,18+,19+,20?/m0/s1. The van der Waals surface area contributed by atoms with Gasteiger partial charge in [-0.3, -0.25) is 4.79 Å². The zero-order chi connectivity index (χ0) is 19.4. The minimum atomic E-state index is 0.191. The predicted molar refractivity (Wildman–Crippen MR) is 109 cm³/mol. The molecule has 1 aliphatic heterocycles. The summed E-state index contributed by atoms with van der Waals surface area (Å²) in [6.07, 6.45) is 19.6. The highest BCUT2D eigenvalue weighted by Crippen LogP contribution is 2.58. The topological polar surface area (TPSA) is 75.6 Å². The summed E-state index contributed by atoms with van der Waals surface area (Å²) in [5.74, 6) is 5.87. The van der Waals surface area contributed by atoms with Gasteiger partial charge in [0.05, 0.1) is 6.54 Å². The van der Waals surface area contributed by atoms with E-state index in [9.17, 15) is 4.79 Å². The number of allylic oxidation sites excluding steroid dienone is 1. The number of rotatable bonds is 3. The fourth-order valence-electron chi connectivity index (χ4n) is 7.26. The van der Waals surface area contributed by atoms with Crippen molar-refractivity contribution in [3.8, 4) is 0 Å². The highest BCUT2D eigenvalue weighted by molar-refractivity contribution is 5.79. The van der Waals surface area contributed by atoms with Crippen LogP contribution in [0.4, 0.5) is 0 Å². The van der Waals surface area contributed by atoms with Gasteiger partial charge in [-0.25, -0.2) is 9.97 Å². The van der Waals surface area contributed by atoms with Crippen LogP contribution in [-0.4, -0.2) is 25.4 Å². The Balaban J connectivity index is 1.16. The third kappa shape index (κ3) is 2.79. The number of aromatic nitrogens is 4. The summed E-state index contributed by atoms with van der Waals surface area (Å²) in [7, 11) is 0. The maximum Gasteiger partial charge on any atom is 0.223 e. The van der Waals surface area contributed by atoms with Crippen molar-refractivity contribution in [1.29, 1.82) is 0 Å². The van der Waals surface area contributed by atoms with Crippen LogP contribution in [0.3, 0.4) is 0 Å². The van der Waals surface area contributed by atoms with Crippen LogP contribution in [0.2, 0.25) is 0 Å². The molecule has 0 aromatic carbocycles. The van der Waals surface area contributed by atoms with Crippen LogP contribution >= 0.6 is 0 Å². The molecule has 0 radical (unpaired) electrons. The number of hydrogen-bond acceptors (Lipinski definition) is 3. The molecule has 6 rings (SSSR count). The molecule has 7 atom stereocenters. The second-order valence-electron chi connectivity index (χ2n) is 9.44. The lowest BCUT2D eigenvalue weighted by Gasteiger charge is -2.51. The lowest BCUT2D eigenvalue weighted by atomic mass is 9.56.